The van der Waals surface area contributed by atoms with Gasteiger partial charge in [-0.15, -0.1) is 0 Å². The van der Waals surface area contributed by atoms with Gasteiger partial charge in [0.05, 0.1) is 6.61 Å². The molecule has 2 aliphatic carbocycles. The predicted molar refractivity (Wildman–Crippen MR) is 97.3 cm³/mol. The highest BCUT2D eigenvalue weighted by molar-refractivity contribution is 5.35. The second-order valence-corrected chi connectivity index (χ2v) is 8.15. The van der Waals surface area contributed by atoms with Crippen LogP contribution in [0.4, 0.5) is 19.1 Å². The van der Waals surface area contributed by atoms with E-state index in [4.69, 9.17) is 4.74 Å². The Kier molecular flexibility index (Phi) is 6.25. The Labute approximate surface area is 158 Å². The first-order valence-corrected chi connectivity index (χ1v) is 9.72. The summed E-state index contributed by atoms with van der Waals surface area (Å²) < 4.78 is 45.5. The molecule has 2 fully saturated rings. The zero-order valence-electron chi connectivity index (χ0n) is 16.0. The summed E-state index contributed by atoms with van der Waals surface area (Å²) in [6.07, 6.45) is 3.26. The number of ether oxygens (including phenoxy) is 1. The molecule has 1 heterocycles. The molecule has 2 aliphatic rings. The highest BCUT2D eigenvalue weighted by Gasteiger charge is 2.43. The van der Waals surface area contributed by atoms with Crippen molar-refractivity contribution in [3.05, 3.63) is 17.5 Å². The Morgan fingerprint density at radius 3 is 2.89 bits per heavy atom. The Morgan fingerprint density at radius 2 is 2.15 bits per heavy atom. The summed E-state index contributed by atoms with van der Waals surface area (Å²) in [5.41, 5.74) is -0.973. The van der Waals surface area contributed by atoms with E-state index in [1.54, 1.807) is 7.11 Å². The number of rotatable bonds is 7. The van der Waals surface area contributed by atoms with Crippen LogP contribution in [0, 0.1) is 11.8 Å². The molecule has 0 spiro atoms. The zero-order valence-corrected chi connectivity index (χ0v) is 16.0. The molecular weight excluding hydrogens is 357 g/mol. The quantitative estimate of drug-likeness (QED) is 0.694. The number of methoxy groups -OCH3 is 1. The lowest BCUT2D eigenvalue weighted by Crippen LogP contribution is -2.48. The summed E-state index contributed by atoms with van der Waals surface area (Å²) >= 11 is 0. The monoisotopic (exact) mass is 386 g/mol. The lowest BCUT2D eigenvalue weighted by molar-refractivity contribution is -0.141. The van der Waals surface area contributed by atoms with Crippen molar-refractivity contribution in [2.45, 2.75) is 63.7 Å². The summed E-state index contributed by atoms with van der Waals surface area (Å²) in [7, 11) is 1.55. The highest BCUT2D eigenvalue weighted by Crippen LogP contribution is 2.46. The summed E-state index contributed by atoms with van der Waals surface area (Å²) in [6.45, 7) is 3.19. The standard InChI is InChI=1S/C19H29F3N4O/c1-13-8-14-4-3-5-18(9-13,10-14)26-17-24-12-15(11-23-6-7-27-2)16(25-17)19(20,21)22/h12-14,23H,3-11H2,1-2H3,(H,24,25,26). The third kappa shape index (κ3) is 5.10. The minimum absolute atomic E-state index is 0.0557. The molecule has 3 unspecified atom stereocenters. The van der Waals surface area contributed by atoms with Crippen molar-refractivity contribution >= 4 is 5.95 Å². The average molecular weight is 386 g/mol. The third-order valence-electron chi connectivity index (χ3n) is 5.73. The van der Waals surface area contributed by atoms with Crippen LogP contribution < -0.4 is 10.6 Å². The van der Waals surface area contributed by atoms with Crippen molar-refractivity contribution in [1.29, 1.82) is 0 Å². The molecule has 1 aromatic heterocycles. The maximum Gasteiger partial charge on any atom is 0.433 e. The van der Waals surface area contributed by atoms with E-state index in [1.165, 1.54) is 19.0 Å². The number of nitrogens with one attached hydrogen (secondary N) is 2. The van der Waals surface area contributed by atoms with Gasteiger partial charge in [0.2, 0.25) is 5.95 Å². The van der Waals surface area contributed by atoms with Crippen molar-refractivity contribution < 1.29 is 17.9 Å². The Morgan fingerprint density at radius 1 is 1.33 bits per heavy atom. The number of anilines is 1. The van der Waals surface area contributed by atoms with Crippen LogP contribution in [0.2, 0.25) is 0 Å². The van der Waals surface area contributed by atoms with E-state index >= 15 is 0 Å². The number of halogens is 3. The molecule has 0 aromatic carbocycles. The smallest absolute Gasteiger partial charge is 0.383 e. The number of fused-ring (bicyclic) bond motifs is 2. The summed E-state index contributed by atoms with van der Waals surface area (Å²) in [5.74, 6) is 1.32. The largest absolute Gasteiger partial charge is 0.433 e. The fourth-order valence-electron chi connectivity index (χ4n) is 4.83. The molecule has 0 amide bonds. The van der Waals surface area contributed by atoms with E-state index < -0.39 is 11.9 Å². The van der Waals surface area contributed by atoms with Crippen molar-refractivity contribution in [1.82, 2.24) is 15.3 Å². The first-order chi connectivity index (χ1) is 12.8. The van der Waals surface area contributed by atoms with Crippen LogP contribution in [0.3, 0.4) is 0 Å². The number of aromatic nitrogens is 2. The fourth-order valence-corrected chi connectivity index (χ4v) is 4.83. The summed E-state index contributed by atoms with van der Waals surface area (Å²) in [4.78, 5) is 8.11. The molecule has 8 heteroatoms. The van der Waals surface area contributed by atoms with Crippen LogP contribution >= 0.6 is 0 Å². The second kappa shape index (κ2) is 8.31. The molecule has 2 bridgehead atoms. The van der Waals surface area contributed by atoms with E-state index in [9.17, 15) is 13.2 Å². The Bertz CT molecular complexity index is 636. The number of hydrogen-bond donors (Lipinski definition) is 2. The van der Waals surface area contributed by atoms with Gasteiger partial charge >= 0.3 is 6.18 Å². The molecule has 5 nitrogen and oxygen atoms in total. The van der Waals surface area contributed by atoms with Crippen LogP contribution in [0.1, 0.15) is 56.7 Å². The fraction of sp³-hybridized carbons (Fsp3) is 0.789. The molecule has 152 valence electrons. The summed E-state index contributed by atoms with van der Waals surface area (Å²) in [6, 6.07) is 0. The van der Waals surface area contributed by atoms with Crippen molar-refractivity contribution in [3.63, 3.8) is 0 Å². The maximum absolute atomic E-state index is 13.5. The molecule has 0 radical (unpaired) electrons. The molecular formula is C19H29F3N4O. The van der Waals surface area contributed by atoms with Gasteiger partial charge in [-0.2, -0.15) is 13.2 Å². The van der Waals surface area contributed by atoms with E-state index in [1.807, 2.05) is 0 Å². The van der Waals surface area contributed by atoms with E-state index in [0.717, 1.165) is 25.7 Å². The van der Waals surface area contributed by atoms with Crippen molar-refractivity contribution in [2.24, 2.45) is 11.8 Å². The minimum atomic E-state index is -4.51. The van der Waals surface area contributed by atoms with Crippen LogP contribution in [0.25, 0.3) is 0 Å². The SMILES string of the molecule is COCCNCc1cnc(NC23CCCC(CC(C)C2)C3)nc1C(F)(F)F. The van der Waals surface area contributed by atoms with Gasteiger partial charge in [0, 0.05) is 37.5 Å². The lowest BCUT2D eigenvalue weighted by atomic mass is 9.64. The van der Waals surface area contributed by atoms with E-state index in [-0.39, 0.29) is 23.6 Å². The molecule has 3 rings (SSSR count). The first-order valence-electron chi connectivity index (χ1n) is 9.72. The van der Waals surface area contributed by atoms with E-state index in [0.29, 0.717) is 25.0 Å². The topological polar surface area (TPSA) is 59.1 Å². The molecule has 2 N–H and O–H groups in total. The van der Waals surface area contributed by atoms with Gasteiger partial charge in [0.25, 0.3) is 0 Å². The second-order valence-electron chi connectivity index (χ2n) is 8.15. The predicted octanol–water partition coefficient (Wildman–Crippen LogP) is 4.00. The normalized spacial score (nSPS) is 28.2. The first kappa shape index (κ1) is 20.3. The Balaban J connectivity index is 1.77. The summed E-state index contributed by atoms with van der Waals surface area (Å²) in [5, 5.41) is 6.24. The van der Waals surface area contributed by atoms with Crippen LogP contribution in [0.15, 0.2) is 6.20 Å². The number of hydrogen-bond acceptors (Lipinski definition) is 5. The van der Waals surface area contributed by atoms with Crippen molar-refractivity contribution in [3.8, 4) is 0 Å². The van der Waals surface area contributed by atoms with Gasteiger partial charge in [0.15, 0.2) is 5.69 Å². The molecule has 1 aromatic rings. The van der Waals surface area contributed by atoms with Gasteiger partial charge in [-0.3, -0.25) is 0 Å². The number of alkyl halides is 3. The lowest BCUT2D eigenvalue weighted by Gasteiger charge is -2.48. The van der Waals surface area contributed by atoms with Gasteiger partial charge in [-0.25, -0.2) is 9.97 Å². The van der Waals surface area contributed by atoms with Crippen LogP contribution in [0.5, 0.6) is 0 Å². The van der Waals surface area contributed by atoms with Gasteiger partial charge in [-0.1, -0.05) is 19.8 Å². The molecule has 27 heavy (non-hydrogen) atoms. The van der Waals surface area contributed by atoms with Crippen LogP contribution in [-0.2, 0) is 17.5 Å². The average Bonchev–Trinajstić information content (AvgIpc) is 2.58. The molecule has 2 saturated carbocycles. The van der Waals surface area contributed by atoms with Gasteiger partial charge in [0.1, 0.15) is 0 Å². The zero-order chi connectivity index (χ0) is 19.5. The van der Waals surface area contributed by atoms with Gasteiger partial charge < -0.3 is 15.4 Å². The Hall–Kier alpha value is -1.41. The van der Waals surface area contributed by atoms with Gasteiger partial charge in [-0.05, 0) is 37.5 Å². The van der Waals surface area contributed by atoms with Crippen molar-refractivity contribution in [2.75, 3.05) is 25.6 Å². The third-order valence-corrected chi connectivity index (χ3v) is 5.73. The maximum atomic E-state index is 13.5. The molecule has 3 atom stereocenters. The minimum Gasteiger partial charge on any atom is -0.383 e. The highest BCUT2D eigenvalue weighted by atomic mass is 19.4. The number of nitrogens with zero attached hydrogens (tertiary/aromatic N) is 2. The van der Waals surface area contributed by atoms with Crippen LogP contribution in [-0.4, -0.2) is 35.8 Å². The van der Waals surface area contributed by atoms with E-state index in [2.05, 4.69) is 27.5 Å². The molecule has 0 aliphatic heterocycles. The molecule has 0 saturated heterocycles.